The number of nitrogens with zero attached hydrogens (tertiary/aromatic N) is 1. The number of hydrogen-bond donors (Lipinski definition) is 2. The molecule has 1 aliphatic rings. The number of halogens is 1. The van der Waals surface area contributed by atoms with Crippen LogP contribution in [0.1, 0.15) is 45.1 Å². The summed E-state index contributed by atoms with van der Waals surface area (Å²) >= 11 is 6.23. The van der Waals surface area contributed by atoms with Crippen LogP contribution < -0.4 is 10.2 Å². The van der Waals surface area contributed by atoms with Gasteiger partial charge in [0.2, 0.25) is 0 Å². The number of aliphatic hydroxyl groups excluding tert-OH is 1. The minimum Gasteiger partial charge on any atom is -0.396 e. The number of aliphatic hydroxyl groups is 1. The molecule has 21 heavy (non-hydrogen) atoms. The molecule has 0 atom stereocenters. The van der Waals surface area contributed by atoms with Gasteiger partial charge in [-0.15, -0.1) is 0 Å². The van der Waals surface area contributed by atoms with Gasteiger partial charge < -0.3 is 15.3 Å². The van der Waals surface area contributed by atoms with Crippen molar-refractivity contribution in [1.82, 2.24) is 5.32 Å². The summed E-state index contributed by atoms with van der Waals surface area (Å²) in [6.07, 6.45) is 4.60. The van der Waals surface area contributed by atoms with Gasteiger partial charge in [-0.3, -0.25) is 0 Å². The van der Waals surface area contributed by atoms with Crippen LogP contribution in [0.4, 0.5) is 5.69 Å². The number of anilines is 1. The Morgan fingerprint density at radius 1 is 1.38 bits per heavy atom. The summed E-state index contributed by atoms with van der Waals surface area (Å²) in [4.78, 5) is 2.45. The molecule has 0 aliphatic heterocycles. The summed E-state index contributed by atoms with van der Waals surface area (Å²) in [5.41, 5.74) is 2.52. The Morgan fingerprint density at radius 3 is 2.71 bits per heavy atom. The number of benzene rings is 1. The lowest BCUT2D eigenvalue weighted by atomic mass is 9.90. The van der Waals surface area contributed by atoms with Crippen molar-refractivity contribution in [2.75, 3.05) is 18.1 Å². The Hall–Kier alpha value is -0.770. The molecule has 1 aromatic rings. The van der Waals surface area contributed by atoms with E-state index in [9.17, 15) is 0 Å². The largest absolute Gasteiger partial charge is 0.396 e. The SMILES string of the molecule is CC(C)NCc1ccc(Cl)cc1N(CCCO)C1CCC1. The highest BCUT2D eigenvalue weighted by Gasteiger charge is 2.26. The molecule has 1 aromatic carbocycles. The van der Waals surface area contributed by atoms with Gasteiger partial charge in [0.05, 0.1) is 0 Å². The lowest BCUT2D eigenvalue weighted by molar-refractivity contribution is 0.283. The molecule has 1 aliphatic carbocycles. The second kappa shape index (κ2) is 8.02. The van der Waals surface area contributed by atoms with Crippen LogP contribution in [0.25, 0.3) is 0 Å². The first-order chi connectivity index (χ1) is 10.1. The summed E-state index contributed by atoms with van der Waals surface area (Å²) in [6, 6.07) is 7.23. The molecule has 0 unspecified atom stereocenters. The number of nitrogens with one attached hydrogen (secondary N) is 1. The van der Waals surface area contributed by atoms with Crippen LogP contribution in [-0.2, 0) is 6.54 Å². The maximum absolute atomic E-state index is 9.17. The van der Waals surface area contributed by atoms with Gasteiger partial charge in [-0.1, -0.05) is 31.5 Å². The molecule has 3 nitrogen and oxygen atoms in total. The van der Waals surface area contributed by atoms with Crippen LogP contribution in [0.5, 0.6) is 0 Å². The third-order valence-electron chi connectivity index (χ3n) is 4.13. The van der Waals surface area contributed by atoms with Crippen molar-refractivity contribution < 1.29 is 5.11 Å². The fourth-order valence-electron chi connectivity index (χ4n) is 2.71. The topological polar surface area (TPSA) is 35.5 Å². The Morgan fingerprint density at radius 2 is 2.14 bits per heavy atom. The van der Waals surface area contributed by atoms with Crippen molar-refractivity contribution in [3.05, 3.63) is 28.8 Å². The van der Waals surface area contributed by atoms with Crippen molar-refractivity contribution in [1.29, 1.82) is 0 Å². The Balaban J connectivity index is 2.21. The molecular formula is C17H27ClN2O. The van der Waals surface area contributed by atoms with Crippen LogP contribution in [0.2, 0.25) is 5.02 Å². The zero-order chi connectivity index (χ0) is 15.2. The first kappa shape index (κ1) is 16.6. The molecule has 0 amide bonds. The maximum Gasteiger partial charge on any atom is 0.0447 e. The molecule has 1 saturated carbocycles. The fourth-order valence-corrected chi connectivity index (χ4v) is 2.87. The van der Waals surface area contributed by atoms with E-state index in [0.717, 1.165) is 24.5 Å². The van der Waals surface area contributed by atoms with Gasteiger partial charge >= 0.3 is 0 Å². The number of rotatable bonds is 8. The third-order valence-corrected chi connectivity index (χ3v) is 4.37. The van der Waals surface area contributed by atoms with Crippen LogP contribution in [0.3, 0.4) is 0 Å². The van der Waals surface area contributed by atoms with Crippen molar-refractivity contribution in [2.45, 2.75) is 58.2 Å². The quantitative estimate of drug-likeness (QED) is 0.770. The Bertz CT molecular complexity index is 446. The molecule has 0 aromatic heterocycles. The van der Waals surface area contributed by atoms with Crippen molar-refractivity contribution >= 4 is 17.3 Å². The van der Waals surface area contributed by atoms with E-state index in [4.69, 9.17) is 16.7 Å². The normalized spacial score (nSPS) is 15.3. The van der Waals surface area contributed by atoms with E-state index in [-0.39, 0.29) is 6.61 Å². The first-order valence-electron chi connectivity index (χ1n) is 8.01. The molecule has 0 bridgehead atoms. The van der Waals surface area contributed by atoms with Gasteiger partial charge in [0.25, 0.3) is 0 Å². The summed E-state index contributed by atoms with van der Waals surface area (Å²) in [5.74, 6) is 0. The highest BCUT2D eigenvalue weighted by atomic mass is 35.5. The van der Waals surface area contributed by atoms with Gasteiger partial charge in [0, 0.05) is 42.5 Å². The molecule has 118 valence electrons. The highest BCUT2D eigenvalue weighted by molar-refractivity contribution is 6.30. The lowest BCUT2D eigenvalue weighted by Crippen LogP contribution is -2.42. The summed E-state index contributed by atoms with van der Waals surface area (Å²) in [5, 5.41) is 13.4. The van der Waals surface area contributed by atoms with Crippen LogP contribution >= 0.6 is 11.6 Å². The van der Waals surface area contributed by atoms with Gasteiger partial charge in [-0.25, -0.2) is 0 Å². The molecule has 0 spiro atoms. The van der Waals surface area contributed by atoms with E-state index in [1.807, 2.05) is 6.07 Å². The van der Waals surface area contributed by atoms with Crippen molar-refractivity contribution in [3.8, 4) is 0 Å². The monoisotopic (exact) mass is 310 g/mol. The second-order valence-corrected chi connectivity index (χ2v) is 6.60. The molecule has 2 N–H and O–H groups in total. The summed E-state index contributed by atoms with van der Waals surface area (Å²) in [6.45, 7) is 6.31. The zero-order valence-electron chi connectivity index (χ0n) is 13.1. The fraction of sp³-hybridized carbons (Fsp3) is 0.647. The van der Waals surface area contributed by atoms with Crippen LogP contribution in [0, 0.1) is 0 Å². The molecule has 4 heteroatoms. The molecule has 0 heterocycles. The minimum atomic E-state index is 0.239. The third kappa shape index (κ3) is 4.60. The molecule has 2 rings (SSSR count). The molecule has 0 saturated heterocycles. The second-order valence-electron chi connectivity index (χ2n) is 6.16. The molecular weight excluding hydrogens is 284 g/mol. The number of hydrogen-bond acceptors (Lipinski definition) is 3. The van der Waals surface area contributed by atoms with Gasteiger partial charge in [0.15, 0.2) is 0 Å². The van der Waals surface area contributed by atoms with E-state index >= 15 is 0 Å². The average Bonchev–Trinajstić information content (AvgIpc) is 2.39. The Labute approximate surface area is 133 Å². The van der Waals surface area contributed by atoms with E-state index in [0.29, 0.717) is 12.1 Å². The molecule has 1 fully saturated rings. The Kier molecular flexibility index (Phi) is 6.34. The van der Waals surface area contributed by atoms with E-state index in [1.54, 1.807) is 0 Å². The predicted octanol–water partition coefficient (Wildman–Crippen LogP) is 3.58. The van der Waals surface area contributed by atoms with Crippen LogP contribution in [-0.4, -0.2) is 30.3 Å². The van der Waals surface area contributed by atoms with Gasteiger partial charge in [0.1, 0.15) is 0 Å². The minimum absolute atomic E-state index is 0.239. The van der Waals surface area contributed by atoms with Crippen LogP contribution in [0.15, 0.2) is 18.2 Å². The first-order valence-corrected chi connectivity index (χ1v) is 8.39. The summed E-state index contributed by atoms with van der Waals surface area (Å²) in [7, 11) is 0. The van der Waals surface area contributed by atoms with Crippen molar-refractivity contribution in [3.63, 3.8) is 0 Å². The lowest BCUT2D eigenvalue weighted by Gasteiger charge is -2.40. The van der Waals surface area contributed by atoms with E-state index in [2.05, 4.69) is 36.2 Å². The standard InChI is InChI=1S/C17H27ClN2O/c1-13(2)19-12-14-7-8-15(18)11-17(14)20(9-4-10-21)16-5-3-6-16/h7-8,11,13,16,19,21H,3-6,9-10,12H2,1-2H3. The maximum atomic E-state index is 9.17. The van der Waals surface area contributed by atoms with Crippen molar-refractivity contribution in [2.24, 2.45) is 0 Å². The van der Waals surface area contributed by atoms with Gasteiger partial charge in [-0.05, 0) is 43.4 Å². The predicted molar refractivity (Wildman–Crippen MR) is 90.1 cm³/mol. The molecule has 0 radical (unpaired) electrons. The summed E-state index contributed by atoms with van der Waals surface area (Å²) < 4.78 is 0. The van der Waals surface area contributed by atoms with E-state index < -0.39 is 0 Å². The van der Waals surface area contributed by atoms with Gasteiger partial charge in [-0.2, -0.15) is 0 Å². The zero-order valence-corrected chi connectivity index (χ0v) is 13.9. The van der Waals surface area contributed by atoms with E-state index in [1.165, 1.54) is 30.5 Å². The smallest absolute Gasteiger partial charge is 0.0447 e. The highest BCUT2D eigenvalue weighted by Crippen LogP contribution is 2.33. The average molecular weight is 311 g/mol.